The number of amides is 1. The Labute approximate surface area is 81.1 Å². The summed E-state index contributed by atoms with van der Waals surface area (Å²) >= 11 is 0. The molecule has 2 N–H and O–H groups in total. The van der Waals surface area contributed by atoms with E-state index in [2.05, 4.69) is 5.32 Å². The summed E-state index contributed by atoms with van der Waals surface area (Å²) in [5, 5.41) is 4.51. The van der Waals surface area contributed by atoms with Crippen molar-refractivity contribution in [2.75, 3.05) is 19.6 Å². The quantitative estimate of drug-likeness (QED) is 0.711. The molecule has 0 unspecified atom stereocenters. The largest absolute Gasteiger partial charge is 0.405 e. The van der Waals surface area contributed by atoms with Crippen LogP contribution in [0.1, 0.15) is 13.8 Å². The van der Waals surface area contributed by atoms with Gasteiger partial charge in [-0.15, -0.1) is 0 Å². The van der Waals surface area contributed by atoms with Crippen molar-refractivity contribution in [3.05, 3.63) is 0 Å². The van der Waals surface area contributed by atoms with Gasteiger partial charge in [0.1, 0.15) is 6.54 Å². The van der Waals surface area contributed by atoms with Gasteiger partial charge in [-0.3, -0.25) is 4.79 Å². The standard InChI is InChI=1S/C8H15F3N2O/c1-6(2)3-12-4-7(14)13-5-8(9,10)11/h6,12H,3-5H2,1-2H3,(H,13,14). The van der Waals surface area contributed by atoms with Gasteiger partial charge in [-0.05, 0) is 12.5 Å². The number of carbonyl (C=O) groups excluding carboxylic acids is 1. The number of alkyl halides is 3. The molecule has 0 aliphatic carbocycles. The molecule has 0 saturated heterocycles. The van der Waals surface area contributed by atoms with Gasteiger partial charge in [0, 0.05) is 0 Å². The van der Waals surface area contributed by atoms with Crippen LogP contribution in [0, 0.1) is 5.92 Å². The third-order valence-corrected chi connectivity index (χ3v) is 1.32. The van der Waals surface area contributed by atoms with Crippen LogP contribution in [0.2, 0.25) is 0 Å². The Morgan fingerprint density at radius 3 is 2.36 bits per heavy atom. The summed E-state index contributed by atoms with van der Waals surface area (Å²) in [6.07, 6.45) is -4.34. The minimum atomic E-state index is -4.34. The van der Waals surface area contributed by atoms with E-state index in [9.17, 15) is 18.0 Å². The molecule has 6 heteroatoms. The molecule has 0 aromatic carbocycles. The predicted octanol–water partition coefficient (Wildman–Crippen LogP) is 0.910. The van der Waals surface area contributed by atoms with Gasteiger partial charge in [0.2, 0.25) is 5.91 Å². The van der Waals surface area contributed by atoms with Gasteiger partial charge in [-0.2, -0.15) is 13.2 Å². The van der Waals surface area contributed by atoms with Crippen molar-refractivity contribution in [3.8, 4) is 0 Å². The highest BCUT2D eigenvalue weighted by Gasteiger charge is 2.27. The molecule has 0 bridgehead atoms. The second kappa shape index (κ2) is 5.85. The van der Waals surface area contributed by atoms with Crippen molar-refractivity contribution in [2.24, 2.45) is 5.92 Å². The maximum absolute atomic E-state index is 11.6. The summed E-state index contributed by atoms with van der Waals surface area (Å²) in [4.78, 5) is 10.8. The van der Waals surface area contributed by atoms with Crippen molar-refractivity contribution in [2.45, 2.75) is 20.0 Å². The number of carbonyl (C=O) groups is 1. The lowest BCUT2D eigenvalue weighted by molar-refractivity contribution is -0.137. The van der Waals surface area contributed by atoms with Gasteiger partial charge < -0.3 is 10.6 Å². The van der Waals surface area contributed by atoms with Crippen LogP contribution in [-0.2, 0) is 4.79 Å². The molecule has 0 fully saturated rings. The minimum Gasteiger partial charge on any atom is -0.346 e. The van der Waals surface area contributed by atoms with E-state index in [-0.39, 0.29) is 6.54 Å². The molecule has 0 heterocycles. The maximum Gasteiger partial charge on any atom is 0.405 e. The van der Waals surface area contributed by atoms with E-state index in [0.29, 0.717) is 12.5 Å². The van der Waals surface area contributed by atoms with E-state index < -0.39 is 18.6 Å². The van der Waals surface area contributed by atoms with Crippen molar-refractivity contribution in [1.29, 1.82) is 0 Å². The van der Waals surface area contributed by atoms with E-state index in [1.54, 1.807) is 5.32 Å². The molecule has 0 aromatic heterocycles. The summed E-state index contributed by atoms with van der Waals surface area (Å²) in [5.41, 5.74) is 0. The predicted molar refractivity (Wildman–Crippen MR) is 46.8 cm³/mol. The van der Waals surface area contributed by atoms with Crippen LogP contribution in [0.25, 0.3) is 0 Å². The van der Waals surface area contributed by atoms with Crippen LogP contribution in [0.5, 0.6) is 0 Å². The Balaban J connectivity index is 3.47. The fraction of sp³-hybridized carbons (Fsp3) is 0.875. The lowest BCUT2D eigenvalue weighted by Gasteiger charge is -2.09. The van der Waals surface area contributed by atoms with Gasteiger partial charge in [0.25, 0.3) is 0 Å². The summed E-state index contributed by atoms with van der Waals surface area (Å²) in [5.74, 6) is -0.270. The Hall–Kier alpha value is -0.780. The highest BCUT2D eigenvalue weighted by Crippen LogP contribution is 2.11. The highest BCUT2D eigenvalue weighted by atomic mass is 19.4. The number of rotatable bonds is 5. The smallest absolute Gasteiger partial charge is 0.346 e. The highest BCUT2D eigenvalue weighted by molar-refractivity contribution is 5.77. The first-order valence-electron chi connectivity index (χ1n) is 4.35. The third-order valence-electron chi connectivity index (χ3n) is 1.32. The molecule has 0 rings (SSSR count). The third kappa shape index (κ3) is 9.31. The van der Waals surface area contributed by atoms with Gasteiger partial charge >= 0.3 is 6.18 Å². The van der Waals surface area contributed by atoms with Crippen LogP contribution in [0.15, 0.2) is 0 Å². The Morgan fingerprint density at radius 1 is 1.36 bits per heavy atom. The fourth-order valence-corrected chi connectivity index (χ4v) is 0.736. The molecular formula is C8H15F3N2O. The van der Waals surface area contributed by atoms with Crippen molar-refractivity contribution in [3.63, 3.8) is 0 Å². The molecule has 0 radical (unpaired) electrons. The summed E-state index contributed by atoms with van der Waals surface area (Å²) < 4.78 is 34.9. The number of hydrogen-bond acceptors (Lipinski definition) is 2. The van der Waals surface area contributed by atoms with E-state index in [4.69, 9.17) is 0 Å². The van der Waals surface area contributed by atoms with Crippen LogP contribution in [0.4, 0.5) is 13.2 Å². The Bertz CT molecular complexity index is 180. The average molecular weight is 212 g/mol. The fourth-order valence-electron chi connectivity index (χ4n) is 0.736. The number of halogens is 3. The maximum atomic E-state index is 11.6. The van der Waals surface area contributed by atoms with Crippen molar-refractivity contribution < 1.29 is 18.0 Å². The molecular weight excluding hydrogens is 197 g/mol. The zero-order valence-electron chi connectivity index (χ0n) is 8.24. The molecule has 3 nitrogen and oxygen atoms in total. The zero-order valence-corrected chi connectivity index (χ0v) is 8.24. The molecule has 0 aromatic rings. The van der Waals surface area contributed by atoms with Crippen molar-refractivity contribution in [1.82, 2.24) is 10.6 Å². The van der Waals surface area contributed by atoms with Crippen LogP contribution in [-0.4, -0.2) is 31.7 Å². The molecule has 84 valence electrons. The zero-order chi connectivity index (χ0) is 11.2. The van der Waals surface area contributed by atoms with E-state index in [0.717, 1.165) is 0 Å². The van der Waals surface area contributed by atoms with E-state index in [1.807, 2.05) is 13.8 Å². The van der Waals surface area contributed by atoms with Gasteiger partial charge in [0.15, 0.2) is 0 Å². The Morgan fingerprint density at radius 2 is 1.93 bits per heavy atom. The second-order valence-corrected chi connectivity index (χ2v) is 3.42. The van der Waals surface area contributed by atoms with Crippen LogP contribution >= 0.6 is 0 Å². The molecule has 0 atom stereocenters. The molecule has 0 saturated carbocycles. The van der Waals surface area contributed by atoms with Crippen LogP contribution in [0.3, 0.4) is 0 Å². The monoisotopic (exact) mass is 212 g/mol. The van der Waals surface area contributed by atoms with Gasteiger partial charge in [0.05, 0.1) is 6.54 Å². The lowest BCUT2D eigenvalue weighted by Crippen LogP contribution is -2.39. The topological polar surface area (TPSA) is 41.1 Å². The lowest BCUT2D eigenvalue weighted by atomic mass is 10.2. The average Bonchev–Trinajstić information content (AvgIpc) is 1.99. The first kappa shape index (κ1) is 13.2. The van der Waals surface area contributed by atoms with Crippen LogP contribution < -0.4 is 10.6 Å². The van der Waals surface area contributed by atoms with E-state index >= 15 is 0 Å². The molecule has 14 heavy (non-hydrogen) atoms. The second-order valence-electron chi connectivity index (χ2n) is 3.42. The van der Waals surface area contributed by atoms with Gasteiger partial charge in [-0.25, -0.2) is 0 Å². The van der Waals surface area contributed by atoms with E-state index in [1.165, 1.54) is 0 Å². The Kier molecular flexibility index (Phi) is 5.52. The SMILES string of the molecule is CC(C)CNCC(=O)NCC(F)(F)F. The number of hydrogen-bond donors (Lipinski definition) is 2. The normalized spacial score (nSPS) is 11.9. The molecule has 0 aliphatic rings. The summed E-state index contributed by atoms with van der Waals surface area (Å²) in [7, 11) is 0. The summed E-state index contributed by atoms with van der Waals surface area (Å²) in [6, 6.07) is 0. The molecule has 0 aliphatic heterocycles. The molecule has 0 spiro atoms. The first-order valence-corrected chi connectivity index (χ1v) is 4.35. The number of nitrogens with one attached hydrogen (secondary N) is 2. The summed E-state index contributed by atoms with van der Waals surface area (Å²) in [6.45, 7) is 3.16. The molecule has 1 amide bonds. The first-order chi connectivity index (χ1) is 6.31. The minimum absolute atomic E-state index is 0.0751. The van der Waals surface area contributed by atoms with Gasteiger partial charge in [-0.1, -0.05) is 13.8 Å². The van der Waals surface area contributed by atoms with Crippen molar-refractivity contribution >= 4 is 5.91 Å².